The van der Waals surface area contributed by atoms with Crippen LogP contribution in [-0.2, 0) is 20.2 Å². The van der Waals surface area contributed by atoms with Gasteiger partial charge >= 0.3 is 0 Å². The van der Waals surface area contributed by atoms with E-state index in [1.165, 1.54) is 6.33 Å². The Morgan fingerprint density at radius 1 is 1.00 bits per heavy atom. The minimum atomic E-state index is -3.87. The van der Waals surface area contributed by atoms with E-state index in [9.17, 15) is 8.42 Å². The molecule has 7 rings (SSSR count). The maximum absolute atomic E-state index is 13.4. The average Bonchev–Trinajstić information content (AvgIpc) is 3.59. The quantitative estimate of drug-likeness (QED) is 0.220. The second-order valence-electron chi connectivity index (χ2n) is 10.9. The fraction of sp³-hybridized carbons (Fsp3) is 0.290. The molecule has 3 heterocycles. The van der Waals surface area contributed by atoms with Crippen LogP contribution >= 0.6 is 0 Å². The van der Waals surface area contributed by atoms with E-state index in [1.807, 2.05) is 6.07 Å². The van der Waals surface area contributed by atoms with Crippen molar-refractivity contribution in [2.24, 2.45) is 0 Å². The number of hydrogen-bond donors (Lipinski definition) is 4. The molecule has 43 heavy (non-hydrogen) atoms. The van der Waals surface area contributed by atoms with E-state index in [0.717, 1.165) is 61.2 Å². The molecule has 0 radical (unpaired) electrons. The van der Waals surface area contributed by atoms with Crippen LogP contribution in [0.5, 0.6) is 5.75 Å². The summed E-state index contributed by atoms with van der Waals surface area (Å²) in [4.78, 5) is 11.5. The molecule has 1 aromatic heterocycles. The lowest BCUT2D eigenvalue weighted by molar-refractivity contribution is 0.122. The second-order valence-corrected chi connectivity index (χ2v) is 12.6. The number of rotatable bonds is 9. The molecule has 1 saturated carbocycles. The normalized spacial score (nSPS) is 20.7. The first-order valence-electron chi connectivity index (χ1n) is 14.3. The van der Waals surface area contributed by atoms with E-state index in [-0.39, 0.29) is 16.4 Å². The molecule has 2 aliphatic heterocycles. The van der Waals surface area contributed by atoms with E-state index >= 15 is 0 Å². The largest absolute Gasteiger partial charge is 0.495 e. The van der Waals surface area contributed by atoms with Crippen molar-refractivity contribution < 1.29 is 17.9 Å². The summed E-state index contributed by atoms with van der Waals surface area (Å²) in [5, 5.41) is 10.5. The van der Waals surface area contributed by atoms with Crippen LogP contribution in [0.1, 0.15) is 12.0 Å². The molecule has 0 bridgehead atoms. The van der Waals surface area contributed by atoms with Crippen LogP contribution in [0.4, 0.5) is 34.4 Å². The number of benzene rings is 3. The van der Waals surface area contributed by atoms with Gasteiger partial charge in [0.2, 0.25) is 0 Å². The number of sulfonamides is 1. The summed E-state index contributed by atoms with van der Waals surface area (Å²) in [6, 6.07) is 22.0. The van der Waals surface area contributed by atoms with Crippen LogP contribution in [-0.4, -0.2) is 64.4 Å². The van der Waals surface area contributed by atoms with Gasteiger partial charge in [-0.05, 0) is 42.8 Å². The fourth-order valence-corrected chi connectivity index (χ4v) is 7.26. The number of morpholine rings is 1. The lowest BCUT2D eigenvalue weighted by Gasteiger charge is -2.29. The van der Waals surface area contributed by atoms with Crippen molar-refractivity contribution in [3.05, 3.63) is 84.7 Å². The van der Waals surface area contributed by atoms with Gasteiger partial charge < -0.3 is 30.3 Å². The lowest BCUT2D eigenvalue weighted by Crippen LogP contribution is -2.36. The van der Waals surface area contributed by atoms with E-state index in [2.05, 4.69) is 53.7 Å². The maximum atomic E-state index is 13.4. The van der Waals surface area contributed by atoms with Gasteiger partial charge in [-0.15, -0.1) is 0 Å². The molecule has 0 amide bonds. The van der Waals surface area contributed by atoms with Crippen molar-refractivity contribution in [3.8, 4) is 5.75 Å². The monoisotopic (exact) mass is 599 g/mol. The van der Waals surface area contributed by atoms with Crippen molar-refractivity contribution in [1.82, 2.24) is 9.97 Å². The van der Waals surface area contributed by atoms with Crippen molar-refractivity contribution in [2.45, 2.75) is 22.8 Å². The SMILES string of the molecule is COc1cc(N2CCOCC2)ccc1NC1CC12CNc1ncnc(Nc3ccccc3S(=O)(=O)Nc3ccccc3)c12. The molecule has 1 aliphatic carbocycles. The molecule has 2 atom stereocenters. The summed E-state index contributed by atoms with van der Waals surface area (Å²) < 4.78 is 40.7. The number of para-hydroxylation sites is 2. The highest BCUT2D eigenvalue weighted by molar-refractivity contribution is 7.92. The van der Waals surface area contributed by atoms with E-state index in [1.54, 1.807) is 55.6 Å². The highest BCUT2D eigenvalue weighted by Crippen LogP contribution is 2.57. The van der Waals surface area contributed by atoms with Gasteiger partial charge in [-0.25, -0.2) is 18.4 Å². The molecule has 1 spiro atoms. The fourth-order valence-electron chi connectivity index (χ4n) is 6.04. The molecule has 2 unspecified atom stereocenters. The zero-order valence-electron chi connectivity index (χ0n) is 23.7. The van der Waals surface area contributed by atoms with Crippen LogP contribution in [0.2, 0.25) is 0 Å². The first kappa shape index (κ1) is 27.3. The summed E-state index contributed by atoms with van der Waals surface area (Å²) in [7, 11) is -2.18. The zero-order chi connectivity index (χ0) is 29.4. The molecule has 2 fully saturated rings. The third-order valence-corrected chi connectivity index (χ3v) is 9.78. The van der Waals surface area contributed by atoms with E-state index < -0.39 is 10.0 Å². The van der Waals surface area contributed by atoms with Crippen LogP contribution in [0, 0.1) is 0 Å². The maximum Gasteiger partial charge on any atom is 0.263 e. The smallest absolute Gasteiger partial charge is 0.263 e. The Hall–Kier alpha value is -4.55. The predicted octanol–water partition coefficient (Wildman–Crippen LogP) is 4.41. The molecule has 222 valence electrons. The van der Waals surface area contributed by atoms with Crippen molar-refractivity contribution in [2.75, 3.05) is 65.5 Å². The van der Waals surface area contributed by atoms with Crippen molar-refractivity contribution >= 4 is 44.4 Å². The Labute approximate surface area is 250 Å². The van der Waals surface area contributed by atoms with Crippen LogP contribution < -0.4 is 30.3 Å². The lowest BCUT2D eigenvalue weighted by atomic mass is 9.99. The zero-order valence-corrected chi connectivity index (χ0v) is 24.5. The third kappa shape index (κ3) is 5.17. The molecular formula is C31H33N7O4S. The molecule has 12 heteroatoms. The van der Waals surface area contributed by atoms with E-state index in [4.69, 9.17) is 9.47 Å². The Bertz CT molecular complexity index is 1750. The molecular weight excluding hydrogens is 566 g/mol. The average molecular weight is 600 g/mol. The van der Waals surface area contributed by atoms with Gasteiger partial charge in [-0.1, -0.05) is 30.3 Å². The van der Waals surface area contributed by atoms with Gasteiger partial charge in [-0.2, -0.15) is 0 Å². The number of methoxy groups -OCH3 is 1. The number of aromatic nitrogens is 2. The summed E-state index contributed by atoms with van der Waals surface area (Å²) in [5.41, 5.74) is 3.63. The Balaban J connectivity index is 1.14. The van der Waals surface area contributed by atoms with Crippen molar-refractivity contribution in [1.29, 1.82) is 0 Å². The predicted molar refractivity (Wildman–Crippen MR) is 167 cm³/mol. The molecule has 4 N–H and O–H groups in total. The Morgan fingerprint density at radius 2 is 1.79 bits per heavy atom. The second kappa shape index (κ2) is 10.9. The third-order valence-electron chi connectivity index (χ3n) is 8.34. The van der Waals surface area contributed by atoms with Gasteiger partial charge in [0.05, 0.1) is 31.7 Å². The number of fused-ring (bicyclic) bond motifs is 2. The molecule has 3 aromatic carbocycles. The standard InChI is InChI=1S/C31H33N7O4S/c1-41-25-17-22(38-13-15-42-16-14-38)11-12-23(25)35-27-18-31(27)19-32-29-28(31)30(34-20-33-29)36-24-9-5-6-10-26(24)43(39,40)37-21-7-3-2-4-8-21/h2-12,17,20,27,35,37H,13-16,18-19H2,1H3,(H2,32,33,34,36). The van der Waals surface area contributed by atoms with Gasteiger partial charge in [0.1, 0.15) is 28.6 Å². The Kier molecular flexibility index (Phi) is 6.94. The first-order chi connectivity index (χ1) is 21.0. The minimum Gasteiger partial charge on any atom is -0.495 e. The summed E-state index contributed by atoms with van der Waals surface area (Å²) in [5.74, 6) is 2.11. The van der Waals surface area contributed by atoms with Gasteiger partial charge in [0, 0.05) is 54.1 Å². The highest BCUT2D eigenvalue weighted by atomic mass is 32.2. The molecule has 11 nitrogen and oxygen atoms in total. The van der Waals surface area contributed by atoms with E-state index in [0.29, 0.717) is 23.7 Å². The summed E-state index contributed by atoms with van der Waals surface area (Å²) >= 11 is 0. The highest BCUT2D eigenvalue weighted by Gasteiger charge is 2.61. The van der Waals surface area contributed by atoms with Crippen molar-refractivity contribution in [3.63, 3.8) is 0 Å². The van der Waals surface area contributed by atoms with Crippen LogP contribution in [0.15, 0.2) is 84.0 Å². The number of nitrogens with zero attached hydrogens (tertiary/aromatic N) is 3. The number of hydrogen-bond acceptors (Lipinski definition) is 10. The molecule has 4 aromatic rings. The van der Waals surface area contributed by atoms with Crippen LogP contribution in [0.25, 0.3) is 0 Å². The number of anilines is 6. The minimum absolute atomic E-state index is 0.106. The van der Waals surface area contributed by atoms with Gasteiger partial charge in [-0.3, -0.25) is 4.72 Å². The van der Waals surface area contributed by atoms with Gasteiger partial charge in [0.25, 0.3) is 10.0 Å². The molecule has 1 saturated heterocycles. The van der Waals surface area contributed by atoms with Crippen LogP contribution in [0.3, 0.4) is 0 Å². The topological polar surface area (TPSA) is 130 Å². The summed E-state index contributed by atoms with van der Waals surface area (Å²) in [6.07, 6.45) is 2.35. The number of nitrogens with one attached hydrogen (secondary N) is 4. The molecule has 3 aliphatic rings. The Morgan fingerprint density at radius 3 is 2.60 bits per heavy atom. The van der Waals surface area contributed by atoms with Gasteiger partial charge in [0.15, 0.2) is 0 Å². The number of ether oxygens (including phenoxy) is 2. The summed E-state index contributed by atoms with van der Waals surface area (Å²) in [6.45, 7) is 3.84. The first-order valence-corrected chi connectivity index (χ1v) is 15.8.